The van der Waals surface area contributed by atoms with Crippen molar-refractivity contribution in [3.8, 4) is 5.75 Å². The van der Waals surface area contributed by atoms with Crippen LogP contribution in [0.4, 0.5) is 0 Å². The van der Waals surface area contributed by atoms with Gasteiger partial charge < -0.3 is 10.5 Å². The van der Waals surface area contributed by atoms with E-state index in [4.69, 9.17) is 15.9 Å². The van der Waals surface area contributed by atoms with Crippen molar-refractivity contribution in [3.63, 3.8) is 0 Å². The third kappa shape index (κ3) is 2.49. The fourth-order valence-electron chi connectivity index (χ4n) is 1.21. The van der Waals surface area contributed by atoms with Gasteiger partial charge in [0.15, 0.2) is 0 Å². The summed E-state index contributed by atoms with van der Waals surface area (Å²) in [6, 6.07) is 5.66. The zero-order chi connectivity index (χ0) is 10.7. The lowest BCUT2D eigenvalue weighted by Gasteiger charge is -2.13. The van der Waals surface area contributed by atoms with Crippen LogP contribution >= 0.6 is 0 Å². The van der Waals surface area contributed by atoms with E-state index in [2.05, 4.69) is 0 Å². The number of hydrogen-bond acceptors (Lipinski definition) is 2. The van der Waals surface area contributed by atoms with Crippen LogP contribution in [0, 0.1) is 12.3 Å². The number of nitrogen functional groups attached to an aromatic ring is 1. The Morgan fingerprint density at radius 2 is 2.07 bits per heavy atom. The zero-order valence-electron chi connectivity index (χ0n) is 8.79. The molecule has 1 aromatic rings. The van der Waals surface area contributed by atoms with Crippen molar-refractivity contribution in [2.24, 2.45) is 5.73 Å². The quantitative estimate of drug-likeness (QED) is 0.569. The minimum atomic E-state index is 0.0457. The first-order chi connectivity index (χ1) is 6.50. The predicted molar refractivity (Wildman–Crippen MR) is 58.0 cm³/mol. The van der Waals surface area contributed by atoms with Crippen molar-refractivity contribution in [1.82, 2.24) is 0 Å². The fourth-order valence-corrected chi connectivity index (χ4v) is 1.21. The van der Waals surface area contributed by atoms with Crippen LogP contribution in [-0.2, 0) is 0 Å². The Morgan fingerprint density at radius 1 is 1.43 bits per heavy atom. The van der Waals surface area contributed by atoms with E-state index in [1.54, 1.807) is 0 Å². The number of rotatable bonds is 3. The summed E-state index contributed by atoms with van der Waals surface area (Å²) in [5.41, 5.74) is 7.20. The third-order valence-electron chi connectivity index (χ3n) is 1.79. The van der Waals surface area contributed by atoms with Crippen molar-refractivity contribution in [2.45, 2.75) is 26.9 Å². The summed E-state index contributed by atoms with van der Waals surface area (Å²) in [5.74, 6) is 0.724. The van der Waals surface area contributed by atoms with E-state index >= 15 is 0 Å². The standard InChI is InChI=1S/C11H16N2O/c1-7(2)14-10-5-4-8(3)6-9(10)11(12)13/h4-7H,1-3H3,(H3,12,13). The highest BCUT2D eigenvalue weighted by atomic mass is 16.5. The smallest absolute Gasteiger partial charge is 0.130 e. The Bertz CT molecular complexity index is 345. The fraction of sp³-hybridized carbons (Fsp3) is 0.364. The molecular weight excluding hydrogens is 176 g/mol. The van der Waals surface area contributed by atoms with Gasteiger partial charge in [-0.3, -0.25) is 5.41 Å². The van der Waals surface area contributed by atoms with Gasteiger partial charge in [-0.2, -0.15) is 0 Å². The maximum Gasteiger partial charge on any atom is 0.130 e. The van der Waals surface area contributed by atoms with E-state index in [0.29, 0.717) is 11.3 Å². The molecule has 0 aliphatic carbocycles. The Balaban J connectivity index is 3.08. The molecule has 0 saturated heterocycles. The molecule has 0 saturated carbocycles. The average molecular weight is 192 g/mol. The molecular formula is C11H16N2O. The first kappa shape index (κ1) is 10.6. The summed E-state index contributed by atoms with van der Waals surface area (Å²) in [4.78, 5) is 0. The van der Waals surface area contributed by atoms with E-state index in [9.17, 15) is 0 Å². The van der Waals surface area contributed by atoms with Gasteiger partial charge in [0.1, 0.15) is 11.6 Å². The van der Waals surface area contributed by atoms with Gasteiger partial charge in [-0.25, -0.2) is 0 Å². The van der Waals surface area contributed by atoms with Gasteiger partial charge in [0.25, 0.3) is 0 Å². The second-order valence-electron chi connectivity index (χ2n) is 3.58. The minimum Gasteiger partial charge on any atom is -0.490 e. The first-order valence-electron chi connectivity index (χ1n) is 4.62. The Morgan fingerprint density at radius 3 is 2.57 bits per heavy atom. The molecule has 0 spiro atoms. The maximum absolute atomic E-state index is 7.41. The molecule has 14 heavy (non-hydrogen) atoms. The summed E-state index contributed by atoms with van der Waals surface area (Å²) >= 11 is 0. The topological polar surface area (TPSA) is 59.1 Å². The maximum atomic E-state index is 7.41. The summed E-state index contributed by atoms with van der Waals surface area (Å²) < 4.78 is 5.54. The minimum absolute atomic E-state index is 0.0457. The van der Waals surface area contributed by atoms with Crippen LogP contribution in [0.5, 0.6) is 5.75 Å². The largest absolute Gasteiger partial charge is 0.490 e. The number of nitrogens with one attached hydrogen (secondary N) is 1. The SMILES string of the molecule is Cc1ccc(OC(C)C)c(C(=N)N)c1. The van der Waals surface area contributed by atoms with E-state index in [1.807, 2.05) is 39.0 Å². The lowest BCUT2D eigenvalue weighted by Crippen LogP contribution is -2.15. The van der Waals surface area contributed by atoms with Gasteiger partial charge in [0, 0.05) is 0 Å². The molecule has 0 bridgehead atoms. The molecule has 1 aromatic carbocycles. The molecule has 1 rings (SSSR count). The monoisotopic (exact) mass is 192 g/mol. The van der Waals surface area contributed by atoms with Crippen LogP contribution in [0.3, 0.4) is 0 Å². The molecule has 0 unspecified atom stereocenters. The molecule has 0 atom stereocenters. The van der Waals surface area contributed by atoms with Gasteiger partial charge in [-0.1, -0.05) is 11.6 Å². The number of nitrogens with two attached hydrogens (primary N) is 1. The van der Waals surface area contributed by atoms with Crippen molar-refractivity contribution in [1.29, 1.82) is 5.41 Å². The average Bonchev–Trinajstić information content (AvgIpc) is 2.07. The van der Waals surface area contributed by atoms with Crippen LogP contribution in [-0.4, -0.2) is 11.9 Å². The van der Waals surface area contributed by atoms with Crippen LogP contribution < -0.4 is 10.5 Å². The van der Waals surface area contributed by atoms with E-state index in [0.717, 1.165) is 5.56 Å². The highest BCUT2D eigenvalue weighted by Crippen LogP contribution is 2.20. The van der Waals surface area contributed by atoms with E-state index in [-0.39, 0.29) is 11.9 Å². The van der Waals surface area contributed by atoms with Gasteiger partial charge in [0.05, 0.1) is 11.7 Å². The van der Waals surface area contributed by atoms with Crippen molar-refractivity contribution in [3.05, 3.63) is 29.3 Å². The molecule has 0 aromatic heterocycles. The van der Waals surface area contributed by atoms with Gasteiger partial charge in [0.2, 0.25) is 0 Å². The number of ether oxygens (including phenoxy) is 1. The third-order valence-corrected chi connectivity index (χ3v) is 1.79. The lowest BCUT2D eigenvalue weighted by atomic mass is 10.1. The highest BCUT2D eigenvalue weighted by Gasteiger charge is 2.07. The van der Waals surface area contributed by atoms with Crippen LogP contribution in [0.25, 0.3) is 0 Å². The van der Waals surface area contributed by atoms with Crippen LogP contribution in [0.15, 0.2) is 18.2 Å². The van der Waals surface area contributed by atoms with E-state index < -0.39 is 0 Å². The van der Waals surface area contributed by atoms with Crippen molar-refractivity contribution < 1.29 is 4.74 Å². The highest BCUT2D eigenvalue weighted by molar-refractivity contribution is 5.97. The molecule has 0 aliphatic rings. The Labute approximate surface area is 84.4 Å². The summed E-state index contributed by atoms with van der Waals surface area (Å²) in [7, 11) is 0. The van der Waals surface area contributed by atoms with Gasteiger partial charge >= 0.3 is 0 Å². The first-order valence-corrected chi connectivity index (χ1v) is 4.62. The number of benzene rings is 1. The molecule has 0 fully saturated rings. The normalized spacial score (nSPS) is 10.3. The molecule has 0 heterocycles. The van der Waals surface area contributed by atoms with Crippen molar-refractivity contribution in [2.75, 3.05) is 0 Å². The summed E-state index contributed by atoms with van der Waals surface area (Å²) in [6.07, 6.45) is 0.0933. The molecule has 76 valence electrons. The molecule has 3 nitrogen and oxygen atoms in total. The zero-order valence-corrected chi connectivity index (χ0v) is 8.79. The van der Waals surface area contributed by atoms with Gasteiger partial charge in [-0.05, 0) is 32.9 Å². The van der Waals surface area contributed by atoms with Gasteiger partial charge in [-0.15, -0.1) is 0 Å². The predicted octanol–water partition coefficient (Wildman–Crippen LogP) is 2.07. The summed E-state index contributed by atoms with van der Waals surface area (Å²) in [6.45, 7) is 5.86. The molecule has 3 N–H and O–H groups in total. The molecule has 0 aliphatic heterocycles. The second-order valence-corrected chi connectivity index (χ2v) is 3.58. The number of amidine groups is 1. The number of hydrogen-bond donors (Lipinski definition) is 2. The summed E-state index contributed by atoms with van der Waals surface area (Å²) in [5, 5.41) is 7.41. The second kappa shape index (κ2) is 4.13. The Kier molecular flexibility index (Phi) is 3.12. The molecule has 0 amide bonds. The van der Waals surface area contributed by atoms with Crippen LogP contribution in [0.1, 0.15) is 25.0 Å². The Hall–Kier alpha value is -1.51. The molecule has 3 heteroatoms. The molecule has 0 radical (unpaired) electrons. The van der Waals surface area contributed by atoms with Crippen LogP contribution in [0.2, 0.25) is 0 Å². The number of aryl methyl sites for hydroxylation is 1. The van der Waals surface area contributed by atoms with E-state index in [1.165, 1.54) is 0 Å². The lowest BCUT2D eigenvalue weighted by molar-refractivity contribution is 0.242. The van der Waals surface area contributed by atoms with Crippen molar-refractivity contribution >= 4 is 5.84 Å².